The van der Waals surface area contributed by atoms with Crippen LogP contribution in [0.5, 0.6) is 0 Å². The number of rotatable bonds is 6. The standard InChI is InChI=1S/C14H13N3O4/c18-16(19)13-6-4-11(5-7-13)9-15-10-12-2-1-3-14(8-12)17(20)21/h1-8,15H,9-10H2. The van der Waals surface area contributed by atoms with Gasteiger partial charge in [0.15, 0.2) is 0 Å². The second kappa shape index (κ2) is 6.58. The monoisotopic (exact) mass is 287 g/mol. The number of nitro groups is 2. The highest BCUT2D eigenvalue weighted by atomic mass is 16.6. The molecular formula is C14H13N3O4. The maximum atomic E-state index is 10.7. The summed E-state index contributed by atoms with van der Waals surface area (Å²) in [7, 11) is 0. The molecule has 0 saturated carbocycles. The van der Waals surface area contributed by atoms with Crippen molar-refractivity contribution in [3.8, 4) is 0 Å². The summed E-state index contributed by atoms with van der Waals surface area (Å²) >= 11 is 0. The number of benzene rings is 2. The molecule has 21 heavy (non-hydrogen) atoms. The zero-order valence-electron chi connectivity index (χ0n) is 11.1. The predicted octanol–water partition coefficient (Wildman–Crippen LogP) is 2.79. The molecule has 2 aromatic carbocycles. The van der Waals surface area contributed by atoms with Crippen LogP contribution in [0.25, 0.3) is 0 Å². The normalized spacial score (nSPS) is 10.3. The van der Waals surface area contributed by atoms with Gasteiger partial charge in [-0.1, -0.05) is 24.3 Å². The molecule has 0 atom stereocenters. The largest absolute Gasteiger partial charge is 0.309 e. The Balaban J connectivity index is 1.90. The molecule has 0 fully saturated rings. The fraction of sp³-hybridized carbons (Fsp3) is 0.143. The summed E-state index contributed by atoms with van der Waals surface area (Å²) in [6.45, 7) is 1.01. The Bertz CT molecular complexity index is 656. The van der Waals surface area contributed by atoms with Gasteiger partial charge in [0.2, 0.25) is 0 Å². The summed E-state index contributed by atoms with van der Waals surface area (Å²) < 4.78 is 0. The van der Waals surface area contributed by atoms with Crippen molar-refractivity contribution in [3.63, 3.8) is 0 Å². The van der Waals surface area contributed by atoms with Crippen molar-refractivity contribution in [2.24, 2.45) is 0 Å². The van der Waals surface area contributed by atoms with Crippen molar-refractivity contribution < 1.29 is 9.85 Å². The average Bonchev–Trinajstić information content (AvgIpc) is 2.48. The molecule has 108 valence electrons. The molecule has 0 unspecified atom stereocenters. The van der Waals surface area contributed by atoms with E-state index in [1.54, 1.807) is 24.3 Å². The Hall–Kier alpha value is -2.80. The van der Waals surface area contributed by atoms with E-state index in [9.17, 15) is 20.2 Å². The number of non-ortho nitro benzene ring substituents is 2. The third-order valence-electron chi connectivity index (χ3n) is 2.93. The molecule has 1 N–H and O–H groups in total. The van der Waals surface area contributed by atoms with Crippen molar-refractivity contribution in [2.75, 3.05) is 0 Å². The number of nitrogens with one attached hydrogen (secondary N) is 1. The van der Waals surface area contributed by atoms with Crippen LogP contribution >= 0.6 is 0 Å². The average molecular weight is 287 g/mol. The van der Waals surface area contributed by atoms with E-state index < -0.39 is 9.85 Å². The van der Waals surface area contributed by atoms with Gasteiger partial charge in [-0.3, -0.25) is 20.2 Å². The van der Waals surface area contributed by atoms with Crippen molar-refractivity contribution in [2.45, 2.75) is 13.1 Å². The Morgan fingerprint density at radius 1 is 0.810 bits per heavy atom. The summed E-state index contributed by atoms with van der Waals surface area (Å²) in [6, 6.07) is 12.7. The van der Waals surface area contributed by atoms with Crippen LogP contribution in [0, 0.1) is 20.2 Å². The molecule has 7 nitrogen and oxygen atoms in total. The van der Waals surface area contributed by atoms with Gasteiger partial charge in [0.1, 0.15) is 0 Å². The summed E-state index contributed by atoms with van der Waals surface area (Å²) in [5.74, 6) is 0. The van der Waals surface area contributed by atoms with Crippen LogP contribution in [0.15, 0.2) is 48.5 Å². The smallest absolute Gasteiger partial charge is 0.269 e. The highest BCUT2D eigenvalue weighted by molar-refractivity contribution is 5.34. The second-order valence-corrected chi connectivity index (χ2v) is 4.45. The first-order chi connectivity index (χ1) is 10.1. The zero-order valence-corrected chi connectivity index (χ0v) is 11.1. The molecule has 0 aromatic heterocycles. The number of nitrogens with zero attached hydrogens (tertiary/aromatic N) is 2. The molecular weight excluding hydrogens is 274 g/mol. The van der Waals surface area contributed by atoms with Gasteiger partial charge >= 0.3 is 0 Å². The Morgan fingerprint density at radius 2 is 1.43 bits per heavy atom. The first kappa shape index (κ1) is 14.6. The number of hydrogen-bond acceptors (Lipinski definition) is 5. The molecule has 7 heteroatoms. The van der Waals surface area contributed by atoms with Crippen LogP contribution < -0.4 is 5.32 Å². The van der Waals surface area contributed by atoms with Crippen molar-refractivity contribution in [3.05, 3.63) is 79.9 Å². The minimum Gasteiger partial charge on any atom is -0.309 e. The number of nitro benzene ring substituents is 2. The fourth-order valence-corrected chi connectivity index (χ4v) is 1.87. The molecule has 2 aromatic rings. The maximum absolute atomic E-state index is 10.7. The highest BCUT2D eigenvalue weighted by Crippen LogP contribution is 2.14. The molecule has 0 radical (unpaired) electrons. The number of hydrogen-bond donors (Lipinski definition) is 1. The predicted molar refractivity (Wildman–Crippen MR) is 76.7 cm³/mol. The maximum Gasteiger partial charge on any atom is 0.269 e. The lowest BCUT2D eigenvalue weighted by atomic mass is 10.2. The van der Waals surface area contributed by atoms with E-state index in [2.05, 4.69) is 5.32 Å². The van der Waals surface area contributed by atoms with Gasteiger partial charge in [-0.15, -0.1) is 0 Å². The van der Waals surface area contributed by atoms with E-state index in [1.807, 2.05) is 0 Å². The van der Waals surface area contributed by atoms with Crippen LogP contribution in [-0.4, -0.2) is 9.85 Å². The van der Waals surface area contributed by atoms with E-state index in [1.165, 1.54) is 24.3 Å². The lowest BCUT2D eigenvalue weighted by molar-refractivity contribution is -0.385. The molecule has 0 amide bonds. The fourth-order valence-electron chi connectivity index (χ4n) is 1.87. The third-order valence-corrected chi connectivity index (χ3v) is 2.93. The van der Waals surface area contributed by atoms with E-state index in [0.29, 0.717) is 13.1 Å². The SMILES string of the molecule is O=[N+]([O-])c1ccc(CNCc2cccc([N+](=O)[O-])c2)cc1. The minimum atomic E-state index is -0.444. The van der Waals surface area contributed by atoms with E-state index in [-0.39, 0.29) is 11.4 Å². The van der Waals surface area contributed by atoms with E-state index in [4.69, 9.17) is 0 Å². The van der Waals surface area contributed by atoms with Crippen LogP contribution in [0.1, 0.15) is 11.1 Å². The van der Waals surface area contributed by atoms with Crippen molar-refractivity contribution in [1.29, 1.82) is 0 Å². The van der Waals surface area contributed by atoms with Gasteiger partial charge in [0.25, 0.3) is 11.4 Å². The van der Waals surface area contributed by atoms with Crippen LogP contribution in [-0.2, 0) is 13.1 Å². The molecule has 0 aliphatic rings. The molecule has 2 rings (SSSR count). The first-order valence-corrected chi connectivity index (χ1v) is 6.23. The van der Waals surface area contributed by atoms with Gasteiger partial charge in [-0.2, -0.15) is 0 Å². The molecule has 0 spiro atoms. The van der Waals surface area contributed by atoms with Gasteiger partial charge < -0.3 is 5.32 Å². The van der Waals surface area contributed by atoms with Crippen LogP contribution in [0.2, 0.25) is 0 Å². The third kappa shape index (κ3) is 4.08. The summed E-state index contributed by atoms with van der Waals surface area (Å²) in [4.78, 5) is 20.3. The van der Waals surface area contributed by atoms with Gasteiger partial charge in [-0.25, -0.2) is 0 Å². The molecule has 0 aliphatic heterocycles. The van der Waals surface area contributed by atoms with E-state index in [0.717, 1.165) is 11.1 Å². The van der Waals surface area contributed by atoms with Crippen molar-refractivity contribution in [1.82, 2.24) is 5.32 Å². The zero-order chi connectivity index (χ0) is 15.2. The topological polar surface area (TPSA) is 98.3 Å². The summed E-state index contributed by atoms with van der Waals surface area (Å²) in [5.41, 5.74) is 1.83. The lowest BCUT2D eigenvalue weighted by Gasteiger charge is -2.05. The molecule has 0 saturated heterocycles. The first-order valence-electron chi connectivity index (χ1n) is 6.23. The lowest BCUT2D eigenvalue weighted by Crippen LogP contribution is -2.12. The van der Waals surface area contributed by atoms with Crippen molar-refractivity contribution >= 4 is 11.4 Å². The molecule has 0 heterocycles. The van der Waals surface area contributed by atoms with Gasteiger partial charge in [-0.05, 0) is 11.1 Å². The summed E-state index contributed by atoms with van der Waals surface area (Å²) in [6.07, 6.45) is 0. The molecule has 0 aliphatic carbocycles. The summed E-state index contributed by atoms with van der Waals surface area (Å²) in [5, 5.41) is 24.3. The van der Waals surface area contributed by atoms with Gasteiger partial charge in [0.05, 0.1) is 9.85 Å². The molecule has 0 bridgehead atoms. The second-order valence-electron chi connectivity index (χ2n) is 4.45. The van der Waals surface area contributed by atoms with Crippen LogP contribution in [0.4, 0.5) is 11.4 Å². The Labute approximate surface area is 120 Å². The Kier molecular flexibility index (Phi) is 4.57. The highest BCUT2D eigenvalue weighted by Gasteiger charge is 2.06. The van der Waals surface area contributed by atoms with Crippen LogP contribution in [0.3, 0.4) is 0 Å². The van der Waals surface area contributed by atoms with Gasteiger partial charge in [0, 0.05) is 37.4 Å². The quantitative estimate of drug-likeness (QED) is 0.650. The Morgan fingerprint density at radius 3 is 2.05 bits per heavy atom. The van der Waals surface area contributed by atoms with E-state index >= 15 is 0 Å². The minimum absolute atomic E-state index is 0.0532.